The van der Waals surface area contributed by atoms with Crippen LogP contribution in [0.25, 0.3) is 0 Å². The molecule has 1 aromatic heterocycles. The van der Waals surface area contributed by atoms with Crippen molar-refractivity contribution in [1.82, 2.24) is 9.97 Å². The van der Waals surface area contributed by atoms with E-state index in [1.807, 2.05) is 19.3 Å². The molecule has 2 atom stereocenters. The van der Waals surface area contributed by atoms with Gasteiger partial charge in [0.05, 0.1) is 0 Å². The molecule has 2 unspecified atom stereocenters. The van der Waals surface area contributed by atoms with E-state index < -0.39 is 0 Å². The van der Waals surface area contributed by atoms with E-state index in [1.165, 1.54) is 6.42 Å². The fourth-order valence-corrected chi connectivity index (χ4v) is 2.15. The predicted octanol–water partition coefficient (Wildman–Crippen LogP) is 0.959. The lowest BCUT2D eigenvalue weighted by molar-refractivity contribution is 0.515. The molecule has 2 rings (SSSR count). The molecule has 1 fully saturated rings. The Hall–Kier alpha value is -1.16. The number of rotatable bonds is 2. The number of aryl methyl sites for hydroxylation is 1. The third-order valence-corrected chi connectivity index (χ3v) is 3.15. The number of hydrogen-bond acceptors (Lipinski definition) is 4. The summed E-state index contributed by atoms with van der Waals surface area (Å²) in [5, 5.41) is 0. The summed E-state index contributed by atoms with van der Waals surface area (Å²) in [6, 6.07) is 0.396. The number of hydrogen-bond donors (Lipinski definition) is 1. The first-order valence-corrected chi connectivity index (χ1v) is 5.47. The molecular weight excluding hydrogens is 188 g/mol. The van der Waals surface area contributed by atoms with Crippen molar-refractivity contribution in [3.63, 3.8) is 0 Å². The van der Waals surface area contributed by atoms with Gasteiger partial charge in [0, 0.05) is 31.5 Å². The molecule has 4 heteroatoms. The van der Waals surface area contributed by atoms with Crippen LogP contribution in [-0.4, -0.2) is 29.1 Å². The van der Waals surface area contributed by atoms with Crippen LogP contribution in [0.3, 0.4) is 0 Å². The second kappa shape index (κ2) is 4.14. The molecule has 1 aliphatic heterocycles. The summed E-state index contributed by atoms with van der Waals surface area (Å²) in [4.78, 5) is 10.9. The van der Waals surface area contributed by atoms with Crippen LogP contribution >= 0.6 is 0 Å². The molecule has 0 amide bonds. The third kappa shape index (κ3) is 1.95. The Bertz CT molecular complexity index is 322. The summed E-state index contributed by atoms with van der Waals surface area (Å²) in [6.45, 7) is 5.94. The minimum absolute atomic E-state index is 0.396. The van der Waals surface area contributed by atoms with E-state index in [4.69, 9.17) is 5.73 Å². The van der Waals surface area contributed by atoms with Crippen molar-refractivity contribution in [3.8, 4) is 0 Å². The van der Waals surface area contributed by atoms with E-state index in [0.29, 0.717) is 18.5 Å². The van der Waals surface area contributed by atoms with E-state index in [-0.39, 0.29) is 0 Å². The van der Waals surface area contributed by atoms with Gasteiger partial charge < -0.3 is 10.6 Å². The van der Waals surface area contributed by atoms with E-state index in [9.17, 15) is 0 Å². The Morgan fingerprint density at radius 1 is 1.47 bits per heavy atom. The summed E-state index contributed by atoms with van der Waals surface area (Å²) in [7, 11) is 0. The number of anilines is 1. The SMILES string of the molecule is Cc1cnc(N2CCC(C)C2CN)nc1. The van der Waals surface area contributed by atoms with Crippen molar-refractivity contribution in [2.75, 3.05) is 18.0 Å². The van der Waals surface area contributed by atoms with Crippen LogP contribution in [-0.2, 0) is 0 Å². The highest BCUT2D eigenvalue weighted by Gasteiger charge is 2.31. The molecule has 15 heavy (non-hydrogen) atoms. The molecule has 0 saturated carbocycles. The van der Waals surface area contributed by atoms with Crippen LogP contribution in [0, 0.1) is 12.8 Å². The molecule has 0 bridgehead atoms. The average molecular weight is 206 g/mol. The zero-order valence-electron chi connectivity index (χ0n) is 9.35. The van der Waals surface area contributed by atoms with Crippen LogP contribution in [0.2, 0.25) is 0 Å². The van der Waals surface area contributed by atoms with Crippen LogP contribution in [0.1, 0.15) is 18.9 Å². The maximum Gasteiger partial charge on any atom is 0.225 e. The van der Waals surface area contributed by atoms with Gasteiger partial charge in [-0.1, -0.05) is 6.92 Å². The van der Waals surface area contributed by atoms with Gasteiger partial charge in [0.25, 0.3) is 0 Å². The van der Waals surface area contributed by atoms with Crippen molar-refractivity contribution in [1.29, 1.82) is 0 Å². The first-order valence-electron chi connectivity index (χ1n) is 5.47. The average Bonchev–Trinajstić information content (AvgIpc) is 2.61. The number of nitrogens with two attached hydrogens (primary N) is 1. The summed E-state index contributed by atoms with van der Waals surface area (Å²) in [6.07, 6.45) is 4.90. The Balaban J connectivity index is 2.20. The van der Waals surface area contributed by atoms with Gasteiger partial charge in [-0.05, 0) is 24.8 Å². The monoisotopic (exact) mass is 206 g/mol. The topological polar surface area (TPSA) is 55.0 Å². The fourth-order valence-electron chi connectivity index (χ4n) is 2.15. The lowest BCUT2D eigenvalue weighted by Gasteiger charge is -2.25. The highest BCUT2D eigenvalue weighted by atomic mass is 15.3. The smallest absolute Gasteiger partial charge is 0.225 e. The second-order valence-corrected chi connectivity index (χ2v) is 4.32. The van der Waals surface area contributed by atoms with Crippen LogP contribution in [0.4, 0.5) is 5.95 Å². The number of nitrogens with zero attached hydrogens (tertiary/aromatic N) is 3. The van der Waals surface area contributed by atoms with Gasteiger partial charge >= 0.3 is 0 Å². The molecule has 1 saturated heterocycles. The third-order valence-electron chi connectivity index (χ3n) is 3.15. The lowest BCUT2D eigenvalue weighted by Crippen LogP contribution is -2.39. The van der Waals surface area contributed by atoms with Crippen LogP contribution < -0.4 is 10.6 Å². The van der Waals surface area contributed by atoms with Crippen molar-refractivity contribution < 1.29 is 0 Å². The van der Waals surface area contributed by atoms with Crippen molar-refractivity contribution in [3.05, 3.63) is 18.0 Å². The van der Waals surface area contributed by atoms with Crippen molar-refractivity contribution in [2.24, 2.45) is 11.7 Å². The van der Waals surface area contributed by atoms with Gasteiger partial charge in [-0.25, -0.2) is 9.97 Å². The Labute approximate surface area is 90.5 Å². The highest BCUT2D eigenvalue weighted by Crippen LogP contribution is 2.26. The van der Waals surface area contributed by atoms with Crippen molar-refractivity contribution >= 4 is 5.95 Å². The second-order valence-electron chi connectivity index (χ2n) is 4.32. The van der Waals surface area contributed by atoms with E-state index in [1.54, 1.807) is 0 Å². The molecule has 0 radical (unpaired) electrons. The van der Waals surface area contributed by atoms with Gasteiger partial charge in [-0.2, -0.15) is 0 Å². The van der Waals surface area contributed by atoms with Gasteiger partial charge in [-0.3, -0.25) is 0 Å². The molecule has 0 aliphatic carbocycles. The summed E-state index contributed by atoms with van der Waals surface area (Å²) in [5.41, 5.74) is 6.88. The summed E-state index contributed by atoms with van der Waals surface area (Å²) in [5.74, 6) is 1.46. The Kier molecular flexibility index (Phi) is 2.86. The maximum atomic E-state index is 5.78. The van der Waals surface area contributed by atoms with Gasteiger partial charge in [-0.15, -0.1) is 0 Å². The van der Waals surface area contributed by atoms with E-state index in [0.717, 1.165) is 18.1 Å². The normalized spacial score (nSPS) is 25.9. The fraction of sp³-hybridized carbons (Fsp3) is 0.636. The minimum Gasteiger partial charge on any atom is -0.336 e. The Morgan fingerprint density at radius 3 is 2.73 bits per heavy atom. The van der Waals surface area contributed by atoms with Crippen molar-refractivity contribution in [2.45, 2.75) is 26.3 Å². The molecule has 1 aromatic rings. The van der Waals surface area contributed by atoms with Crippen LogP contribution in [0.15, 0.2) is 12.4 Å². The van der Waals surface area contributed by atoms with Gasteiger partial charge in [0.2, 0.25) is 5.95 Å². The molecule has 0 aromatic carbocycles. The van der Waals surface area contributed by atoms with E-state index >= 15 is 0 Å². The molecular formula is C11H18N4. The lowest BCUT2D eigenvalue weighted by atomic mass is 10.0. The zero-order chi connectivity index (χ0) is 10.8. The van der Waals surface area contributed by atoms with E-state index in [2.05, 4.69) is 21.8 Å². The van der Waals surface area contributed by atoms with Gasteiger partial charge in [0.15, 0.2) is 0 Å². The quantitative estimate of drug-likeness (QED) is 0.783. The van der Waals surface area contributed by atoms with Gasteiger partial charge in [0.1, 0.15) is 0 Å². The molecule has 82 valence electrons. The summed E-state index contributed by atoms with van der Waals surface area (Å²) >= 11 is 0. The first-order chi connectivity index (χ1) is 7.22. The summed E-state index contributed by atoms with van der Waals surface area (Å²) < 4.78 is 0. The first kappa shape index (κ1) is 10.4. The predicted molar refractivity (Wildman–Crippen MR) is 60.7 cm³/mol. The molecule has 4 nitrogen and oxygen atoms in total. The number of aromatic nitrogens is 2. The molecule has 0 spiro atoms. The maximum absolute atomic E-state index is 5.78. The Morgan fingerprint density at radius 2 is 2.13 bits per heavy atom. The van der Waals surface area contributed by atoms with Crippen LogP contribution in [0.5, 0.6) is 0 Å². The highest BCUT2D eigenvalue weighted by molar-refractivity contribution is 5.34. The molecule has 2 N–H and O–H groups in total. The zero-order valence-corrected chi connectivity index (χ0v) is 9.35. The standard InChI is InChI=1S/C11H18N4/c1-8-6-13-11(14-7-8)15-4-3-9(2)10(15)5-12/h6-7,9-10H,3-5,12H2,1-2H3. The molecule has 2 heterocycles. The minimum atomic E-state index is 0.396. The molecule has 1 aliphatic rings. The largest absolute Gasteiger partial charge is 0.336 e.